The fourth-order valence-corrected chi connectivity index (χ4v) is 4.64. The van der Waals surface area contributed by atoms with Crippen molar-refractivity contribution in [2.45, 2.75) is 19.4 Å². The number of aromatic amines is 1. The topological polar surface area (TPSA) is 107 Å². The summed E-state index contributed by atoms with van der Waals surface area (Å²) >= 11 is 6.49. The molecule has 0 radical (unpaired) electrons. The predicted octanol–water partition coefficient (Wildman–Crippen LogP) is 4.27. The van der Waals surface area contributed by atoms with E-state index in [0.717, 1.165) is 70.5 Å². The van der Waals surface area contributed by atoms with Crippen molar-refractivity contribution >= 4 is 44.9 Å². The molecule has 1 fully saturated rings. The molecule has 7 nitrogen and oxygen atoms in total. The number of hydrogen-bond acceptors (Lipinski definition) is 6. The monoisotopic (exact) mass is 431 g/mol. The normalized spacial score (nSPS) is 16.2. The van der Waals surface area contributed by atoms with Crippen LogP contribution in [0.25, 0.3) is 33.1 Å². The molecule has 1 unspecified atom stereocenters. The molecule has 1 atom stereocenters. The Kier molecular flexibility index (Phi) is 4.89. The SMILES string of the molecule is CCNc1cc(Cl)cc2c1[nH]c1ncc(-c3cncc(C#N)c3)c(N3CCC(N)C3)c12. The molecular weight excluding hydrogens is 410 g/mol. The Morgan fingerprint density at radius 2 is 2.19 bits per heavy atom. The van der Waals surface area contributed by atoms with E-state index >= 15 is 0 Å². The van der Waals surface area contributed by atoms with E-state index in [4.69, 9.17) is 22.3 Å². The number of pyridine rings is 2. The van der Waals surface area contributed by atoms with Crippen molar-refractivity contribution in [2.75, 3.05) is 29.9 Å². The van der Waals surface area contributed by atoms with Gasteiger partial charge in [0.2, 0.25) is 0 Å². The molecule has 5 rings (SSSR count). The third kappa shape index (κ3) is 3.34. The van der Waals surface area contributed by atoms with Gasteiger partial charge in [-0.05, 0) is 31.5 Å². The summed E-state index contributed by atoms with van der Waals surface area (Å²) in [6.45, 7) is 4.44. The maximum absolute atomic E-state index is 9.36. The van der Waals surface area contributed by atoms with Crippen molar-refractivity contribution in [3.05, 3.63) is 47.4 Å². The zero-order valence-electron chi connectivity index (χ0n) is 17.1. The summed E-state index contributed by atoms with van der Waals surface area (Å²) in [7, 11) is 0. The van der Waals surface area contributed by atoms with Gasteiger partial charge in [0, 0.05) is 65.8 Å². The van der Waals surface area contributed by atoms with Crippen LogP contribution in [0.3, 0.4) is 0 Å². The van der Waals surface area contributed by atoms with Crippen LogP contribution in [0.5, 0.6) is 0 Å². The lowest BCUT2D eigenvalue weighted by Crippen LogP contribution is -2.26. The number of nitrogens with two attached hydrogens (primary N) is 1. The molecule has 0 amide bonds. The summed E-state index contributed by atoms with van der Waals surface area (Å²) in [6.07, 6.45) is 6.11. The van der Waals surface area contributed by atoms with Crippen molar-refractivity contribution in [1.29, 1.82) is 5.26 Å². The Hall–Kier alpha value is -3.34. The maximum Gasteiger partial charge on any atom is 0.140 e. The minimum absolute atomic E-state index is 0.116. The second kappa shape index (κ2) is 7.73. The molecule has 0 spiro atoms. The van der Waals surface area contributed by atoms with Gasteiger partial charge in [0.05, 0.1) is 27.8 Å². The molecule has 1 aliphatic heterocycles. The molecule has 1 aliphatic rings. The molecule has 4 heterocycles. The number of benzene rings is 1. The number of fused-ring (bicyclic) bond motifs is 3. The third-order valence-electron chi connectivity index (χ3n) is 5.75. The number of nitriles is 1. The largest absolute Gasteiger partial charge is 0.384 e. The molecule has 4 N–H and O–H groups in total. The number of hydrogen-bond donors (Lipinski definition) is 3. The Morgan fingerprint density at radius 1 is 1.32 bits per heavy atom. The fourth-order valence-electron chi connectivity index (χ4n) is 4.42. The van der Waals surface area contributed by atoms with Gasteiger partial charge in [-0.3, -0.25) is 4.98 Å². The molecule has 3 aromatic heterocycles. The first kappa shape index (κ1) is 19.6. The number of nitrogens with one attached hydrogen (secondary N) is 2. The van der Waals surface area contributed by atoms with Gasteiger partial charge >= 0.3 is 0 Å². The van der Waals surface area contributed by atoms with E-state index in [0.29, 0.717) is 10.6 Å². The molecule has 0 aliphatic carbocycles. The van der Waals surface area contributed by atoms with E-state index in [-0.39, 0.29) is 6.04 Å². The van der Waals surface area contributed by atoms with Gasteiger partial charge in [0.15, 0.2) is 0 Å². The fraction of sp³-hybridized carbons (Fsp3) is 0.261. The first-order valence-electron chi connectivity index (χ1n) is 10.3. The van der Waals surface area contributed by atoms with E-state index in [1.165, 1.54) is 0 Å². The van der Waals surface area contributed by atoms with Crippen LogP contribution < -0.4 is 16.0 Å². The van der Waals surface area contributed by atoms with E-state index in [2.05, 4.69) is 33.2 Å². The summed E-state index contributed by atoms with van der Waals surface area (Å²) in [5, 5.41) is 15.4. The molecule has 8 heteroatoms. The van der Waals surface area contributed by atoms with Gasteiger partial charge in [0.25, 0.3) is 0 Å². The van der Waals surface area contributed by atoms with Gasteiger partial charge in [-0.2, -0.15) is 5.26 Å². The second-order valence-electron chi connectivity index (χ2n) is 7.84. The van der Waals surface area contributed by atoms with Gasteiger partial charge in [-0.1, -0.05) is 11.6 Å². The lowest BCUT2D eigenvalue weighted by molar-refractivity contribution is 0.752. The number of rotatable bonds is 4. The Labute approximate surface area is 184 Å². The molecule has 0 saturated carbocycles. The molecule has 156 valence electrons. The smallest absolute Gasteiger partial charge is 0.140 e. The van der Waals surface area contributed by atoms with Crippen molar-refractivity contribution in [2.24, 2.45) is 5.73 Å². The number of halogens is 1. The summed E-state index contributed by atoms with van der Waals surface area (Å²) in [4.78, 5) is 14.8. The van der Waals surface area contributed by atoms with Gasteiger partial charge in [-0.25, -0.2) is 4.98 Å². The molecule has 1 saturated heterocycles. The van der Waals surface area contributed by atoms with Crippen LogP contribution in [0, 0.1) is 11.3 Å². The summed E-state index contributed by atoms with van der Waals surface area (Å²) in [6, 6.07) is 8.04. The molecule has 4 aromatic rings. The van der Waals surface area contributed by atoms with E-state index in [9.17, 15) is 5.26 Å². The summed E-state index contributed by atoms with van der Waals surface area (Å²) in [5.41, 5.74) is 12.3. The average molecular weight is 432 g/mol. The first-order chi connectivity index (χ1) is 15.1. The van der Waals surface area contributed by atoms with E-state index in [1.807, 2.05) is 24.4 Å². The highest BCUT2D eigenvalue weighted by Crippen LogP contribution is 2.43. The number of anilines is 2. The summed E-state index contributed by atoms with van der Waals surface area (Å²) < 4.78 is 0. The van der Waals surface area contributed by atoms with Crippen LogP contribution in [0.15, 0.2) is 36.8 Å². The standard InChI is InChI=1S/C23H22ClN7/c1-2-28-19-7-15(24)6-17-20-22(31-4-3-16(26)12-31)18(11-29-23(20)30-21(17)19)14-5-13(8-25)9-27-10-14/h5-7,9-11,16,28H,2-4,12,26H2,1H3,(H,29,30). The minimum atomic E-state index is 0.116. The lowest BCUT2D eigenvalue weighted by atomic mass is 10.0. The zero-order valence-corrected chi connectivity index (χ0v) is 17.9. The zero-order chi connectivity index (χ0) is 21.5. The number of H-pyrrole nitrogens is 1. The number of aromatic nitrogens is 3. The maximum atomic E-state index is 9.36. The highest BCUT2D eigenvalue weighted by atomic mass is 35.5. The lowest BCUT2D eigenvalue weighted by Gasteiger charge is -2.23. The molecule has 0 bridgehead atoms. The molecule has 1 aromatic carbocycles. The van der Waals surface area contributed by atoms with Crippen LogP contribution in [0.1, 0.15) is 18.9 Å². The Balaban J connectivity index is 1.85. The van der Waals surface area contributed by atoms with Crippen LogP contribution >= 0.6 is 11.6 Å². The average Bonchev–Trinajstić information content (AvgIpc) is 3.37. The van der Waals surface area contributed by atoms with Crippen molar-refractivity contribution in [3.8, 4) is 17.2 Å². The van der Waals surface area contributed by atoms with E-state index in [1.54, 1.807) is 12.4 Å². The van der Waals surface area contributed by atoms with Crippen molar-refractivity contribution in [1.82, 2.24) is 15.0 Å². The van der Waals surface area contributed by atoms with Crippen molar-refractivity contribution in [3.63, 3.8) is 0 Å². The Bertz CT molecular complexity index is 1340. The third-order valence-corrected chi connectivity index (χ3v) is 5.97. The Morgan fingerprint density at radius 3 is 2.94 bits per heavy atom. The highest BCUT2D eigenvalue weighted by Gasteiger charge is 2.26. The van der Waals surface area contributed by atoms with Crippen LogP contribution in [0.2, 0.25) is 5.02 Å². The van der Waals surface area contributed by atoms with Gasteiger partial charge in [0.1, 0.15) is 11.7 Å². The predicted molar refractivity (Wildman–Crippen MR) is 126 cm³/mol. The molecular formula is C23H22ClN7. The second-order valence-corrected chi connectivity index (χ2v) is 8.28. The minimum Gasteiger partial charge on any atom is -0.384 e. The quantitative estimate of drug-likeness (QED) is 0.445. The van der Waals surface area contributed by atoms with Crippen LogP contribution in [0.4, 0.5) is 11.4 Å². The highest BCUT2D eigenvalue weighted by molar-refractivity contribution is 6.33. The van der Waals surface area contributed by atoms with Crippen molar-refractivity contribution < 1.29 is 0 Å². The van der Waals surface area contributed by atoms with Crippen LogP contribution in [-0.4, -0.2) is 40.6 Å². The van der Waals surface area contributed by atoms with E-state index < -0.39 is 0 Å². The summed E-state index contributed by atoms with van der Waals surface area (Å²) in [5.74, 6) is 0. The van der Waals surface area contributed by atoms with Gasteiger partial charge < -0.3 is 20.9 Å². The first-order valence-corrected chi connectivity index (χ1v) is 10.7. The molecule has 31 heavy (non-hydrogen) atoms. The van der Waals surface area contributed by atoms with Gasteiger partial charge in [-0.15, -0.1) is 0 Å². The van der Waals surface area contributed by atoms with Crippen LogP contribution in [-0.2, 0) is 0 Å². The number of nitrogens with zero attached hydrogens (tertiary/aromatic N) is 4.